The fourth-order valence-corrected chi connectivity index (χ4v) is 2.93. The summed E-state index contributed by atoms with van der Waals surface area (Å²) in [5, 5.41) is 0. The van der Waals surface area contributed by atoms with E-state index in [9.17, 15) is 4.79 Å². The molecule has 0 atom stereocenters. The van der Waals surface area contributed by atoms with Gasteiger partial charge in [0, 0.05) is 11.0 Å². The summed E-state index contributed by atoms with van der Waals surface area (Å²) < 4.78 is 4.69. The molecule has 0 fully saturated rings. The monoisotopic (exact) mass is 158 g/mol. The lowest BCUT2D eigenvalue weighted by molar-refractivity contribution is -0.134. The van der Waals surface area contributed by atoms with Crippen molar-refractivity contribution in [3.8, 4) is 0 Å². The second-order valence-corrected chi connectivity index (χ2v) is 5.64. The molecule has 1 aliphatic rings. The van der Waals surface area contributed by atoms with E-state index in [1.165, 1.54) is 0 Å². The zero-order valence-corrected chi connectivity index (χ0v) is 7.45. The molecular weight excluding hydrogens is 151 g/mol. The molecule has 0 aromatic carbocycles. The molecule has 0 aromatic heterocycles. The number of hydrogen-bond acceptors (Lipinski definition) is 3. The van der Waals surface area contributed by atoms with Crippen LogP contribution in [0.2, 0.25) is 5.79 Å². The van der Waals surface area contributed by atoms with Gasteiger partial charge in [-0.2, -0.15) is 0 Å². The molecule has 0 N–H and O–H groups in total. The Labute approximate surface area is 63.4 Å². The Morgan fingerprint density at radius 1 is 1.89 bits per heavy atom. The quantitative estimate of drug-likeness (QED) is 0.434. The lowest BCUT2D eigenvalue weighted by Gasteiger charge is -1.92. The van der Waals surface area contributed by atoms with Gasteiger partial charge in [0.2, 0.25) is 0 Å². The molecule has 0 bridgehead atoms. The van der Waals surface area contributed by atoms with Crippen LogP contribution in [0.15, 0.2) is 11.0 Å². The molecule has 0 saturated heterocycles. The number of hydrogen-bond donors (Lipinski definition) is 0. The van der Waals surface area contributed by atoms with Crippen molar-refractivity contribution in [3.05, 3.63) is 11.0 Å². The van der Waals surface area contributed by atoms with Gasteiger partial charge in [0.1, 0.15) is 6.61 Å². The van der Waals surface area contributed by atoms with Gasteiger partial charge in [0.15, 0.2) is 0 Å². The van der Waals surface area contributed by atoms with Crippen LogP contribution >= 0.6 is 10.1 Å². The standard InChI is InChI=1S/C4H4O2S.CH3.Al.H/c5-4-1-3(7)2-6-4;;;/h1,7H,2H2;1H3;;/q;;+1;/p-1. The Morgan fingerprint density at radius 2 is 2.67 bits per heavy atom. The average Bonchev–Trinajstić information content (AvgIpc) is 2.17. The summed E-state index contributed by atoms with van der Waals surface area (Å²) in [7, 11) is 1.80. The summed E-state index contributed by atoms with van der Waals surface area (Å²) in [5.74, 6) is 2.01. The maximum absolute atomic E-state index is 10.4. The van der Waals surface area contributed by atoms with E-state index in [0.717, 1.165) is 4.91 Å². The summed E-state index contributed by atoms with van der Waals surface area (Å²) in [5.41, 5.74) is 0. The van der Waals surface area contributed by atoms with Crippen LogP contribution in [0, 0.1) is 0 Å². The highest BCUT2D eigenvalue weighted by molar-refractivity contribution is 8.25. The van der Waals surface area contributed by atoms with Gasteiger partial charge in [-0.1, -0.05) is 5.79 Å². The van der Waals surface area contributed by atoms with E-state index in [1.807, 2.05) is 0 Å². The van der Waals surface area contributed by atoms with Gasteiger partial charge < -0.3 is 4.74 Å². The zero-order valence-electron chi connectivity index (χ0n) is 5.22. The highest BCUT2D eigenvalue weighted by Gasteiger charge is 2.11. The van der Waals surface area contributed by atoms with Crippen LogP contribution in [0.25, 0.3) is 0 Å². The average molecular weight is 158 g/mol. The van der Waals surface area contributed by atoms with Crippen molar-refractivity contribution < 1.29 is 9.53 Å². The summed E-state index contributed by atoms with van der Waals surface area (Å²) in [6.07, 6.45) is 1.58. The van der Waals surface area contributed by atoms with E-state index in [0.29, 0.717) is 6.61 Å². The van der Waals surface area contributed by atoms with Crippen LogP contribution in [0.5, 0.6) is 0 Å². The molecule has 48 valence electrons. The van der Waals surface area contributed by atoms with Gasteiger partial charge in [-0.05, 0) is 0 Å². The Hall–Kier alpha value is 0.0925. The molecule has 0 saturated carbocycles. The molecule has 0 spiro atoms. The third kappa shape index (κ3) is 2.05. The topological polar surface area (TPSA) is 26.3 Å². The van der Waals surface area contributed by atoms with Crippen molar-refractivity contribution in [1.82, 2.24) is 0 Å². The van der Waals surface area contributed by atoms with Crippen LogP contribution in [-0.4, -0.2) is 26.7 Å². The molecule has 0 aliphatic carbocycles. The van der Waals surface area contributed by atoms with Crippen LogP contribution in [0.4, 0.5) is 0 Å². The highest BCUT2D eigenvalue weighted by Crippen LogP contribution is 2.18. The maximum Gasteiger partial charge on any atom is 0.331 e. The number of rotatable bonds is 2. The Kier molecular flexibility index (Phi) is 2.65. The number of carbonyl (C=O) groups excluding carboxylic acids is 1. The lowest BCUT2D eigenvalue weighted by Crippen LogP contribution is -1.90. The van der Waals surface area contributed by atoms with Gasteiger partial charge in [-0.15, -0.1) is 0 Å². The smallest absolute Gasteiger partial charge is 0.331 e. The Balaban J connectivity index is 2.42. The van der Waals surface area contributed by atoms with Gasteiger partial charge in [0.05, 0.1) is 0 Å². The predicted molar refractivity (Wildman–Crippen MR) is 39.6 cm³/mol. The van der Waals surface area contributed by atoms with E-state index in [-0.39, 0.29) is 20.1 Å². The van der Waals surface area contributed by atoms with E-state index < -0.39 is 0 Å². The van der Waals surface area contributed by atoms with Crippen molar-refractivity contribution in [1.29, 1.82) is 0 Å². The van der Waals surface area contributed by atoms with E-state index in [2.05, 4.69) is 10.5 Å². The predicted octanol–water partition coefficient (Wildman–Crippen LogP) is 0.560. The number of ether oxygens (including phenoxy) is 1. The third-order valence-corrected chi connectivity index (χ3v) is 3.84. The van der Waals surface area contributed by atoms with E-state index >= 15 is 0 Å². The second-order valence-electron chi connectivity index (χ2n) is 1.65. The number of carbonyl (C=O) groups is 1. The van der Waals surface area contributed by atoms with Crippen molar-refractivity contribution >= 4 is 30.2 Å². The van der Waals surface area contributed by atoms with Gasteiger partial charge in [0.25, 0.3) is 0 Å². The van der Waals surface area contributed by atoms with Crippen molar-refractivity contribution in [2.45, 2.75) is 5.79 Å². The molecule has 0 amide bonds. The minimum atomic E-state index is -0.181. The van der Waals surface area contributed by atoms with Gasteiger partial charge >= 0.3 is 20.1 Å². The van der Waals surface area contributed by atoms with Crippen molar-refractivity contribution in [2.75, 3.05) is 6.61 Å². The van der Waals surface area contributed by atoms with Crippen LogP contribution in [0.1, 0.15) is 0 Å². The first-order valence-electron chi connectivity index (χ1n) is 2.83. The molecule has 9 heavy (non-hydrogen) atoms. The fourth-order valence-electron chi connectivity index (χ4n) is 0.626. The summed E-state index contributed by atoms with van der Waals surface area (Å²) >= 11 is -0.0219. The maximum atomic E-state index is 10.4. The van der Waals surface area contributed by atoms with Crippen LogP contribution < -0.4 is 0 Å². The van der Waals surface area contributed by atoms with Gasteiger partial charge in [-0.25, -0.2) is 14.9 Å². The van der Waals surface area contributed by atoms with Crippen LogP contribution in [-0.2, 0) is 9.53 Å². The normalized spacial score (nSPS) is 17.0. The summed E-state index contributed by atoms with van der Waals surface area (Å²) in [6.45, 7) is 0.518. The zero-order chi connectivity index (χ0) is 6.69. The molecule has 1 aliphatic heterocycles. The largest absolute Gasteiger partial charge is 0.457 e. The first-order valence-corrected chi connectivity index (χ1v) is 6.96. The fraction of sp³-hybridized carbons (Fsp3) is 0.400. The molecule has 1 heterocycles. The molecule has 0 aromatic rings. The van der Waals surface area contributed by atoms with E-state index in [4.69, 9.17) is 0 Å². The van der Waals surface area contributed by atoms with Crippen molar-refractivity contribution in [3.63, 3.8) is 0 Å². The van der Waals surface area contributed by atoms with E-state index in [1.54, 1.807) is 16.2 Å². The lowest BCUT2D eigenvalue weighted by atomic mass is 10.6. The first-order chi connectivity index (χ1) is 4.33. The van der Waals surface area contributed by atoms with Crippen LogP contribution in [0.3, 0.4) is 0 Å². The molecule has 0 radical (unpaired) electrons. The minimum Gasteiger partial charge on any atom is -0.457 e. The third-order valence-electron chi connectivity index (χ3n) is 0.965. The van der Waals surface area contributed by atoms with Gasteiger partial charge in [-0.3, -0.25) is 0 Å². The Morgan fingerprint density at radius 3 is 3.11 bits per heavy atom. The van der Waals surface area contributed by atoms with Crippen molar-refractivity contribution in [2.24, 2.45) is 0 Å². The molecule has 0 unspecified atom stereocenters. The second kappa shape index (κ2) is 3.31. The first kappa shape index (κ1) is 7.20. The number of cyclic esters (lactones) is 1. The molecular formula is C5H7AlO2S. The Bertz CT molecular complexity index is 155. The summed E-state index contributed by atoms with van der Waals surface area (Å²) in [6, 6.07) is 0. The minimum absolute atomic E-state index is 0.0219. The molecule has 1 rings (SSSR count). The summed E-state index contributed by atoms with van der Waals surface area (Å²) in [4.78, 5) is 11.5. The SMILES string of the molecule is [CH3][AlH][S]C1=CC(=O)OC1. The molecule has 2 nitrogen and oxygen atoms in total. The highest BCUT2D eigenvalue weighted by atomic mass is 32.3. The number of esters is 1. The molecule has 4 heteroatoms.